The van der Waals surface area contributed by atoms with Crippen molar-refractivity contribution in [1.82, 2.24) is 19.3 Å². The number of hydrogen-bond acceptors (Lipinski definition) is 7. The van der Waals surface area contributed by atoms with Crippen LogP contribution >= 0.6 is 11.3 Å². The molecule has 0 radical (unpaired) electrons. The summed E-state index contributed by atoms with van der Waals surface area (Å²) >= 11 is 1.40. The standard InChI is InChI=1S/C18H19FN6O4S2/c1-10-8-21-16(30-10)9-22-17(26)14-6-15(25(2)31(28,29)24-14)18(27)23-12-3-4-13(19)11(5-12)7-20/h3-5,8,14-15,24H,6,9H2,1-2H3,(H,22,26)(H,23,27). The second kappa shape index (κ2) is 9.06. The molecule has 2 heterocycles. The third kappa shape index (κ3) is 5.23. The van der Waals surface area contributed by atoms with E-state index in [9.17, 15) is 22.4 Å². The van der Waals surface area contributed by atoms with Gasteiger partial charge in [0, 0.05) is 23.8 Å². The van der Waals surface area contributed by atoms with Crippen LogP contribution in [0.2, 0.25) is 0 Å². The fourth-order valence-electron chi connectivity index (χ4n) is 2.97. The van der Waals surface area contributed by atoms with Crippen LogP contribution in [0.3, 0.4) is 0 Å². The third-order valence-electron chi connectivity index (χ3n) is 4.62. The summed E-state index contributed by atoms with van der Waals surface area (Å²) in [6.07, 6.45) is 1.54. The number of nitrogens with zero attached hydrogens (tertiary/aromatic N) is 3. The number of aryl methyl sites for hydroxylation is 1. The normalized spacial score (nSPS) is 20.6. The average Bonchev–Trinajstić information content (AvgIpc) is 3.14. The zero-order chi connectivity index (χ0) is 22.8. The van der Waals surface area contributed by atoms with Gasteiger partial charge in [-0.15, -0.1) is 11.3 Å². The Morgan fingerprint density at radius 3 is 2.81 bits per heavy atom. The molecule has 1 saturated heterocycles. The molecule has 164 valence electrons. The number of anilines is 1. The van der Waals surface area contributed by atoms with Crippen LogP contribution in [0, 0.1) is 24.1 Å². The van der Waals surface area contributed by atoms with Crippen molar-refractivity contribution in [1.29, 1.82) is 5.26 Å². The third-order valence-corrected chi connectivity index (χ3v) is 7.13. The molecule has 2 atom stereocenters. The predicted octanol–water partition coefficient (Wildman–Crippen LogP) is 0.624. The molecule has 13 heteroatoms. The highest BCUT2D eigenvalue weighted by Gasteiger charge is 2.42. The Bertz CT molecular complexity index is 1160. The molecule has 3 rings (SSSR count). The maximum atomic E-state index is 13.5. The van der Waals surface area contributed by atoms with E-state index in [1.54, 1.807) is 12.3 Å². The van der Waals surface area contributed by atoms with Crippen LogP contribution in [0.1, 0.15) is 21.9 Å². The van der Waals surface area contributed by atoms with E-state index >= 15 is 0 Å². The number of benzene rings is 1. The van der Waals surface area contributed by atoms with Crippen LogP contribution in [-0.4, -0.2) is 48.7 Å². The maximum absolute atomic E-state index is 13.5. The fourth-order valence-corrected chi connectivity index (χ4v) is 4.94. The van der Waals surface area contributed by atoms with Gasteiger partial charge in [0.15, 0.2) is 0 Å². The molecule has 2 aromatic rings. The zero-order valence-corrected chi connectivity index (χ0v) is 18.2. The van der Waals surface area contributed by atoms with E-state index in [1.165, 1.54) is 24.5 Å². The molecule has 1 aliphatic rings. The Hall–Kier alpha value is -2.92. The second-order valence-electron chi connectivity index (χ2n) is 6.82. The monoisotopic (exact) mass is 466 g/mol. The number of aromatic nitrogens is 1. The summed E-state index contributed by atoms with van der Waals surface area (Å²) in [5, 5.41) is 14.7. The predicted molar refractivity (Wildman–Crippen MR) is 110 cm³/mol. The Balaban J connectivity index is 1.72. The number of amides is 2. The SMILES string of the molecule is Cc1cnc(CNC(=O)C2CC(C(=O)Nc3ccc(F)c(C#N)c3)N(C)S(=O)(=O)N2)s1. The minimum Gasteiger partial charge on any atom is -0.348 e. The molecule has 0 spiro atoms. The molecular weight excluding hydrogens is 447 g/mol. The number of carbonyl (C=O) groups excluding carboxylic acids is 2. The van der Waals surface area contributed by atoms with E-state index in [0.29, 0.717) is 5.01 Å². The lowest BCUT2D eigenvalue weighted by Gasteiger charge is -2.35. The van der Waals surface area contributed by atoms with Crippen LogP contribution in [-0.2, 0) is 26.3 Å². The van der Waals surface area contributed by atoms with E-state index < -0.39 is 39.9 Å². The van der Waals surface area contributed by atoms with Gasteiger partial charge in [0.25, 0.3) is 10.2 Å². The number of hydrogen-bond donors (Lipinski definition) is 3. The summed E-state index contributed by atoms with van der Waals surface area (Å²) in [7, 11) is -2.89. The molecule has 31 heavy (non-hydrogen) atoms. The number of halogens is 1. The first-order valence-electron chi connectivity index (χ1n) is 9.05. The Labute approximate surface area is 182 Å². The number of rotatable bonds is 5. The first-order chi connectivity index (χ1) is 14.6. The molecule has 2 amide bonds. The average molecular weight is 467 g/mol. The van der Waals surface area contributed by atoms with Gasteiger partial charge in [-0.2, -0.15) is 22.7 Å². The topological polar surface area (TPSA) is 144 Å². The van der Waals surface area contributed by atoms with E-state index in [4.69, 9.17) is 5.26 Å². The summed E-state index contributed by atoms with van der Waals surface area (Å²) in [5.74, 6) is -2.04. The van der Waals surface area contributed by atoms with Gasteiger partial charge >= 0.3 is 0 Å². The van der Waals surface area contributed by atoms with Crippen LogP contribution in [0.15, 0.2) is 24.4 Å². The molecule has 2 unspecified atom stereocenters. The molecule has 10 nitrogen and oxygen atoms in total. The van der Waals surface area contributed by atoms with Crippen molar-refractivity contribution in [3.05, 3.63) is 45.7 Å². The zero-order valence-electron chi connectivity index (χ0n) is 16.5. The molecule has 1 aliphatic heterocycles. The number of nitriles is 1. The Morgan fingerprint density at radius 1 is 1.42 bits per heavy atom. The largest absolute Gasteiger partial charge is 0.348 e. The number of nitrogens with one attached hydrogen (secondary N) is 3. The van der Waals surface area contributed by atoms with Gasteiger partial charge < -0.3 is 10.6 Å². The van der Waals surface area contributed by atoms with Crippen LogP contribution in [0.4, 0.5) is 10.1 Å². The van der Waals surface area contributed by atoms with E-state index in [2.05, 4.69) is 20.3 Å². The summed E-state index contributed by atoms with van der Waals surface area (Å²) in [6.45, 7) is 2.01. The lowest BCUT2D eigenvalue weighted by molar-refractivity contribution is -0.124. The van der Waals surface area contributed by atoms with Crippen molar-refractivity contribution in [3.8, 4) is 6.07 Å². The highest BCUT2D eigenvalue weighted by Crippen LogP contribution is 2.20. The second-order valence-corrected chi connectivity index (χ2v) is 9.90. The highest BCUT2D eigenvalue weighted by molar-refractivity contribution is 7.87. The van der Waals surface area contributed by atoms with E-state index in [-0.39, 0.29) is 24.2 Å². The van der Waals surface area contributed by atoms with Gasteiger partial charge in [0.2, 0.25) is 11.8 Å². The van der Waals surface area contributed by atoms with Gasteiger partial charge in [-0.25, -0.2) is 9.37 Å². The summed E-state index contributed by atoms with van der Waals surface area (Å²) in [4.78, 5) is 30.4. The van der Waals surface area contributed by atoms with Crippen LogP contribution in [0.5, 0.6) is 0 Å². The smallest absolute Gasteiger partial charge is 0.280 e. The van der Waals surface area contributed by atoms with Gasteiger partial charge in [-0.05, 0) is 31.5 Å². The number of carbonyl (C=O) groups is 2. The quantitative estimate of drug-likeness (QED) is 0.589. The van der Waals surface area contributed by atoms with Gasteiger partial charge in [-0.1, -0.05) is 0 Å². The molecular formula is C18H19FN6O4S2. The molecule has 1 aromatic carbocycles. The lowest BCUT2D eigenvalue weighted by atomic mass is 10.1. The molecule has 1 aromatic heterocycles. The molecule has 0 aliphatic carbocycles. The van der Waals surface area contributed by atoms with Crippen molar-refractivity contribution in [2.75, 3.05) is 12.4 Å². The van der Waals surface area contributed by atoms with Gasteiger partial charge in [0.1, 0.15) is 29.0 Å². The Kier molecular flexibility index (Phi) is 6.65. The summed E-state index contributed by atoms with van der Waals surface area (Å²) in [5.41, 5.74) is -0.133. The Morgan fingerprint density at radius 2 is 2.16 bits per heavy atom. The minimum absolute atomic E-state index is 0.128. The first-order valence-corrected chi connectivity index (χ1v) is 11.3. The summed E-state index contributed by atoms with van der Waals surface area (Å²) < 4.78 is 41.4. The fraction of sp³-hybridized carbons (Fsp3) is 0.333. The van der Waals surface area contributed by atoms with E-state index in [0.717, 1.165) is 21.3 Å². The van der Waals surface area contributed by atoms with Crippen LogP contribution < -0.4 is 15.4 Å². The number of thiazole rings is 1. The first kappa shape index (κ1) is 22.8. The van der Waals surface area contributed by atoms with Crippen LogP contribution in [0.25, 0.3) is 0 Å². The van der Waals surface area contributed by atoms with Gasteiger partial charge in [0.05, 0.1) is 12.1 Å². The molecule has 0 bridgehead atoms. The van der Waals surface area contributed by atoms with Gasteiger partial charge in [-0.3, -0.25) is 9.59 Å². The molecule has 3 N–H and O–H groups in total. The van der Waals surface area contributed by atoms with Crippen molar-refractivity contribution in [2.24, 2.45) is 0 Å². The minimum atomic E-state index is -4.10. The number of likely N-dealkylation sites (N-methyl/N-ethyl adjacent to an activating group) is 1. The van der Waals surface area contributed by atoms with E-state index in [1.807, 2.05) is 6.92 Å². The van der Waals surface area contributed by atoms with Crippen molar-refractivity contribution < 1.29 is 22.4 Å². The van der Waals surface area contributed by atoms with Crippen molar-refractivity contribution in [2.45, 2.75) is 32.0 Å². The maximum Gasteiger partial charge on any atom is 0.280 e. The lowest BCUT2D eigenvalue weighted by Crippen LogP contribution is -2.62. The molecule has 0 saturated carbocycles. The summed E-state index contributed by atoms with van der Waals surface area (Å²) in [6, 6.07) is 2.72. The molecule has 1 fully saturated rings. The van der Waals surface area contributed by atoms with Crippen molar-refractivity contribution >= 4 is 39.0 Å². The highest BCUT2D eigenvalue weighted by atomic mass is 32.2. The van der Waals surface area contributed by atoms with Crippen molar-refractivity contribution in [3.63, 3.8) is 0 Å².